The summed E-state index contributed by atoms with van der Waals surface area (Å²) in [6.45, 7) is 1.86. The number of aromatic nitrogens is 1. The number of oxime groups is 1. The molecular formula is C21H21N3O5. The second-order valence-electron chi connectivity index (χ2n) is 6.39. The molecule has 1 heterocycles. The van der Waals surface area contributed by atoms with Gasteiger partial charge in [0.1, 0.15) is 5.75 Å². The largest absolute Gasteiger partial charge is 0.481 e. The van der Waals surface area contributed by atoms with E-state index in [1.807, 2.05) is 47.9 Å². The molecule has 1 amide bonds. The maximum absolute atomic E-state index is 12.0. The van der Waals surface area contributed by atoms with E-state index >= 15 is 0 Å². The van der Waals surface area contributed by atoms with Crippen molar-refractivity contribution in [1.82, 2.24) is 4.57 Å². The molecule has 0 aliphatic carbocycles. The fourth-order valence-corrected chi connectivity index (χ4v) is 3.47. The number of hydrogen-bond donors (Lipinski definition) is 3. The highest BCUT2D eigenvalue weighted by molar-refractivity contribution is 6.47. The summed E-state index contributed by atoms with van der Waals surface area (Å²) in [7, 11) is 0. The molecule has 0 atom stereocenters. The number of rotatable bonds is 8. The van der Waals surface area contributed by atoms with E-state index in [-0.39, 0.29) is 11.5 Å². The van der Waals surface area contributed by atoms with Crippen molar-refractivity contribution in [2.75, 3.05) is 6.61 Å². The average molecular weight is 395 g/mol. The first-order valence-electron chi connectivity index (χ1n) is 9.02. The van der Waals surface area contributed by atoms with E-state index in [2.05, 4.69) is 5.16 Å². The normalized spacial score (nSPS) is 11.6. The highest BCUT2D eigenvalue weighted by Crippen LogP contribution is 2.35. The number of primary amides is 1. The van der Waals surface area contributed by atoms with Gasteiger partial charge >= 0.3 is 5.97 Å². The molecule has 0 saturated heterocycles. The molecule has 0 radical (unpaired) electrons. The van der Waals surface area contributed by atoms with Crippen LogP contribution in [0.2, 0.25) is 0 Å². The van der Waals surface area contributed by atoms with Crippen molar-refractivity contribution < 1.29 is 24.6 Å². The van der Waals surface area contributed by atoms with Crippen molar-refractivity contribution in [2.45, 2.75) is 19.9 Å². The van der Waals surface area contributed by atoms with Crippen LogP contribution in [0.4, 0.5) is 0 Å². The number of carbonyl (C=O) groups excluding carboxylic acids is 1. The Morgan fingerprint density at radius 2 is 1.86 bits per heavy atom. The van der Waals surface area contributed by atoms with Gasteiger partial charge in [-0.15, -0.1) is 0 Å². The van der Waals surface area contributed by atoms with Crippen LogP contribution in [0.3, 0.4) is 0 Å². The molecule has 8 nitrogen and oxygen atoms in total. The molecule has 0 fully saturated rings. The summed E-state index contributed by atoms with van der Waals surface area (Å²) in [5, 5.41) is 22.1. The van der Waals surface area contributed by atoms with Gasteiger partial charge in [-0.1, -0.05) is 48.5 Å². The molecule has 1 aromatic heterocycles. The highest BCUT2D eigenvalue weighted by atomic mass is 16.5. The van der Waals surface area contributed by atoms with Crippen LogP contribution in [-0.4, -0.2) is 39.1 Å². The van der Waals surface area contributed by atoms with Gasteiger partial charge in [0.2, 0.25) is 0 Å². The third-order valence-corrected chi connectivity index (χ3v) is 4.60. The van der Waals surface area contributed by atoms with E-state index in [1.165, 1.54) is 0 Å². The van der Waals surface area contributed by atoms with Crippen molar-refractivity contribution in [1.29, 1.82) is 0 Å². The van der Waals surface area contributed by atoms with Crippen LogP contribution in [0.15, 0.2) is 53.7 Å². The summed E-state index contributed by atoms with van der Waals surface area (Å²) >= 11 is 0. The molecule has 29 heavy (non-hydrogen) atoms. The standard InChI is InChI=1S/C21H21N3O5/c1-2-14-19(20(23-28)21(22)27)18-15(9-6-10-16(18)29-12-17(25)26)24(14)11-13-7-4-3-5-8-13/h3-10,28H,2,11-12H2,1H3,(H2,22,27)(H,25,26)/b23-20-. The molecular weight excluding hydrogens is 374 g/mol. The molecule has 3 aromatic rings. The third-order valence-electron chi connectivity index (χ3n) is 4.60. The Morgan fingerprint density at radius 3 is 2.45 bits per heavy atom. The topological polar surface area (TPSA) is 127 Å². The first-order chi connectivity index (χ1) is 14.0. The Labute approximate surface area is 166 Å². The number of benzene rings is 2. The molecule has 0 unspecified atom stereocenters. The summed E-state index contributed by atoms with van der Waals surface area (Å²) in [5.41, 5.74) is 7.96. The third kappa shape index (κ3) is 3.91. The monoisotopic (exact) mass is 395 g/mol. The van der Waals surface area contributed by atoms with E-state index < -0.39 is 18.5 Å². The van der Waals surface area contributed by atoms with Crippen LogP contribution < -0.4 is 10.5 Å². The fourth-order valence-electron chi connectivity index (χ4n) is 3.47. The van der Waals surface area contributed by atoms with Crippen LogP contribution in [-0.2, 0) is 22.6 Å². The summed E-state index contributed by atoms with van der Waals surface area (Å²) < 4.78 is 7.45. The fraction of sp³-hybridized carbons (Fsp3) is 0.190. The van der Waals surface area contributed by atoms with E-state index in [4.69, 9.17) is 15.6 Å². The highest BCUT2D eigenvalue weighted by Gasteiger charge is 2.26. The lowest BCUT2D eigenvalue weighted by Crippen LogP contribution is -2.25. The minimum Gasteiger partial charge on any atom is -0.481 e. The molecule has 3 rings (SSSR count). The quantitative estimate of drug-likeness (QED) is 0.307. The summed E-state index contributed by atoms with van der Waals surface area (Å²) in [4.78, 5) is 23.0. The predicted octanol–water partition coefficient (Wildman–Crippen LogP) is 2.38. The van der Waals surface area contributed by atoms with Gasteiger partial charge in [0, 0.05) is 17.8 Å². The van der Waals surface area contributed by atoms with Crippen LogP contribution in [0.1, 0.15) is 23.7 Å². The molecule has 0 saturated carbocycles. The van der Waals surface area contributed by atoms with E-state index in [9.17, 15) is 14.8 Å². The van der Waals surface area contributed by atoms with Crippen LogP contribution in [0.5, 0.6) is 5.75 Å². The maximum Gasteiger partial charge on any atom is 0.341 e. The van der Waals surface area contributed by atoms with Gasteiger partial charge in [0.15, 0.2) is 12.3 Å². The SMILES string of the molecule is CCc1c(/C(=N/O)C(N)=O)c2c(OCC(=O)O)cccc2n1Cc1ccccc1. The van der Waals surface area contributed by atoms with E-state index in [0.717, 1.165) is 11.3 Å². The number of carbonyl (C=O) groups is 2. The lowest BCUT2D eigenvalue weighted by atomic mass is 10.0. The molecule has 150 valence electrons. The number of hydrogen-bond acceptors (Lipinski definition) is 5. The lowest BCUT2D eigenvalue weighted by molar-refractivity contribution is -0.139. The van der Waals surface area contributed by atoms with Crippen molar-refractivity contribution >= 4 is 28.5 Å². The number of ether oxygens (including phenoxy) is 1. The number of carboxylic acids is 1. The van der Waals surface area contributed by atoms with Gasteiger partial charge < -0.3 is 25.4 Å². The minimum absolute atomic E-state index is 0.267. The van der Waals surface area contributed by atoms with Gasteiger partial charge in [-0.25, -0.2) is 4.79 Å². The second-order valence-corrected chi connectivity index (χ2v) is 6.39. The molecule has 0 aliphatic heterocycles. The Kier molecular flexibility index (Phi) is 5.82. The number of fused-ring (bicyclic) bond motifs is 1. The molecule has 2 aromatic carbocycles. The lowest BCUT2D eigenvalue weighted by Gasteiger charge is -2.11. The Bertz CT molecular complexity index is 1090. The molecule has 0 bridgehead atoms. The Balaban J connectivity index is 2.32. The summed E-state index contributed by atoms with van der Waals surface area (Å²) in [5.74, 6) is -1.76. The average Bonchev–Trinajstić information content (AvgIpc) is 3.01. The first-order valence-corrected chi connectivity index (χ1v) is 9.02. The summed E-state index contributed by atoms with van der Waals surface area (Å²) in [6.07, 6.45) is 0.515. The smallest absolute Gasteiger partial charge is 0.341 e. The number of amides is 1. The zero-order chi connectivity index (χ0) is 21.0. The predicted molar refractivity (Wildman–Crippen MR) is 108 cm³/mol. The van der Waals surface area contributed by atoms with Crippen LogP contribution >= 0.6 is 0 Å². The van der Waals surface area contributed by atoms with Gasteiger partial charge in [-0.2, -0.15) is 0 Å². The van der Waals surface area contributed by atoms with Crippen LogP contribution in [0.25, 0.3) is 10.9 Å². The van der Waals surface area contributed by atoms with Crippen molar-refractivity contribution in [2.24, 2.45) is 10.9 Å². The summed E-state index contributed by atoms with van der Waals surface area (Å²) in [6, 6.07) is 14.9. The maximum atomic E-state index is 12.0. The van der Waals surface area contributed by atoms with Gasteiger partial charge in [0.05, 0.1) is 10.9 Å². The van der Waals surface area contributed by atoms with E-state index in [0.29, 0.717) is 29.4 Å². The van der Waals surface area contributed by atoms with Gasteiger partial charge in [-0.3, -0.25) is 4.79 Å². The van der Waals surface area contributed by atoms with Gasteiger partial charge in [0.25, 0.3) is 5.91 Å². The molecule has 8 heteroatoms. The zero-order valence-electron chi connectivity index (χ0n) is 15.8. The van der Waals surface area contributed by atoms with Crippen molar-refractivity contribution in [3.05, 3.63) is 65.4 Å². The van der Waals surface area contributed by atoms with Crippen LogP contribution in [0, 0.1) is 0 Å². The first kappa shape index (κ1) is 19.9. The second kappa shape index (κ2) is 8.47. The number of carboxylic acid groups (broad SMARTS) is 1. The minimum atomic E-state index is -1.13. The van der Waals surface area contributed by atoms with Crippen molar-refractivity contribution in [3.63, 3.8) is 0 Å². The van der Waals surface area contributed by atoms with E-state index in [1.54, 1.807) is 12.1 Å². The Morgan fingerprint density at radius 1 is 1.14 bits per heavy atom. The molecule has 0 aliphatic rings. The molecule has 4 N–H and O–H groups in total. The Hall–Kier alpha value is -3.81. The zero-order valence-corrected chi connectivity index (χ0v) is 15.8. The number of nitrogens with two attached hydrogens (primary N) is 1. The van der Waals surface area contributed by atoms with Crippen molar-refractivity contribution in [3.8, 4) is 5.75 Å². The molecule has 0 spiro atoms. The number of nitrogens with zero attached hydrogens (tertiary/aromatic N) is 2. The number of aliphatic carboxylic acids is 1. The van der Waals surface area contributed by atoms with Gasteiger partial charge in [-0.05, 0) is 24.1 Å².